The van der Waals surface area contributed by atoms with Gasteiger partial charge in [0.25, 0.3) is 0 Å². The van der Waals surface area contributed by atoms with Crippen molar-refractivity contribution in [3.05, 3.63) is 28.8 Å². The van der Waals surface area contributed by atoms with Crippen LogP contribution in [0, 0.1) is 0 Å². The van der Waals surface area contributed by atoms with Crippen LogP contribution in [0.15, 0.2) is 18.2 Å². The van der Waals surface area contributed by atoms with Crippen LogP contribution in [0.1, 0.15) is 18.9 Å². The Balaban J connectivity index is 2.05. The highest BCUT2D eigenvalue weighted by molar-refractivity contribution is 6.33. The zero-order valence-corrected chi connectivity index (χ0v) is 12.1. The van der Waals surface area contributed by atoms with Crippen molar-refractivity contribution in [2.75, 3.05) is 25.0 Å². The first-order valence-electron chi connectivity index (χ1n) is 6.55. The number of hydrogen-bond acceptors (Lipinski definition) is 3. The largest absolute Gasteiger partial charge is 0.368 e. The second-order valence-corrected chi connectivity index (χ2v) is 5.36. The standard InChI is InChI=1S/C14H20ClN3O/c1-10(19)17-12-5-6-18(9-12)14-4-3-11(8-16-2)7-13(14)15/h3-4,7,12,16H,5-6,8-9H2,1-2H3,(H,17,19). The lowest BCUT2D eigenvalue weighted by atomic mass is 10.2. The Kier molecular flexibility index (Phi) is 4.66. The Morgan fingerprint density at radius 2 is 2.32 bits per heavy atom. The van der Waals surface area contributed by atoms with Crippen LogP contribution in [0.5, 0.6) is 0 Å². The smallest absolute Gasteiger partial charge is 0.217 e. The summed E-state index contributed by atoms with van der Waals surface area (Å²) in [5.74, 6) is 0.0299. The second kappa shape index (κ2) is 6.26. The van der Waals surface area contributed by atoms with Crippen LogP contribution < -0.4 is 15.5 Å². The molecule has 4 nitrogen and oxygen atoms in total. The lowest BCUT2D eigenvalue weighted by Gasteiger charge is -2.20. The maximum absolute atomic E-state index is 11.1. The van der Waals surface area contributed by atoms with Gasteiger partial charge in [0.05, 0.1) is 10.7 Å². The van der Waals surface area contributed by atoms with Gasteiger partial charge in [-0.15, -0.1) is 0 Å². The molecule has 1 amide bonds. The molecule has 1 heterocycles. The highest BCUT2D eigenvalue weighted by Gasteiger charge is 2.24. The number of benzene rings is 1. The van der Waals surface area contributed by atoms with E-state index < -0.39 is 0 Å². The number of nitrogens with zero attached hydrogens (tertiary/aromatic N) is 1. The van der Waals surface area contributed by atoms with Gasteiger partial charge in [-0.1, -0.05) is 17.7 Å². The van der Waals surface area contributed by atoms with E-state index in [1.807, 2.05) is 13.1 Å². The molecule has 1 saturated heterocycles. The molecule has 2 N–H and O–H groups in total. The summed E-state index contributed by atoms with van der Waals surface area (Å²) in [4.78, 5) is 13.3. The molecule has 19 heavy (non-hydrogen) atoms. The number of nitrogens with one attached hydrogen (secondary N) is 2. The van der Waals surface area contributed by atoms with Crippen LogP contribution in [0.2, 0.25) is 5.02 Å². The van der Waals surface area contributed by atoms with Gasteiger partial charge >= 0.3 is 0 Å². The molecular formula is C14H20ClN3O. The Bertz CT molecular complexity index is 464. The zero-order valence-electron chi connectivity index (χ0n) is 11.4. The van der Waals surface area contributed by atoms with Gasteiger partial charge in [-0.25, -0.2) is 0 Å². The van der Waals surface area contributed by atoms with Crippen LogP contribution in [-0.4, -0.2) is 32.1 Å². The minimum absolute atomic E-state index is 0.0299. The zero-order chi connectivity index (χ0) is 13.8. The van der Waals surface area contributed by atoms with Crippen molar-refractivity contribution in [3.63, 3.8) is 0 Å². The van der Waals surface area contributed by atoms with Crippen molar-refractivity contribution < 1.29 is 4.79 Å². The molecule has 1 aromatic rings. The van der Waals surface area contributed by atoms with E-state index in [-0.39, 0.29) is 11.9 Å². The third-order valence-electron chi connectivity index (χ3n) is 3.33. The Hall–Kier alpha value is -1.26. The number of amides is 1. The summed E-state index contributed by atoms with van der Waals surface area (Å²) < 4.78 is 0. The van der Waals surface area contributed by atoms with Crippen molar-refractivity contribution in [3.8, 4) is 0 Å². The molecule has 1 aliphatic rings. The number of hydrogen-bond donors (Lipinski definition) is 2. The average Bonchev–Trinajstić information content (AvgIpc) is 2.77. The quantitative estimate of drug-likeness (QED) is 0.884. The molecule has 5 heteroatoms. The third kappa shape index (κ3) is 3.61. The number of rotatable bonds is 4. The lowest BCUT2D eigenvalue weighted by Crippen LogP contribution is -2.35. The van der Waals surface area contributed by atoms with Crippen molar-refractivity contribution in [2.24, 2.45) is 0 Å². The van der Waals surface area contributed by atoms with E-state index in [9.17, 15) is 4.79 Å². The monoisotopic (exact) mass is 281 g/mol. The first-order valence-corrected chi connectivity index (χ1v) is 6.93. The van der Waals surface area contributed by atoms with Gasteiger partial charge in [-0.05, 0) is 31.2 Å². The minimum Gasteiger partial charge on any atom is -0.368 e. The molecule has 0 aromatic heterocycles. The molecule has 0 bridgehead atoms. The third-order valence-corrected chi connectivity index (χ3v) is 3.63. The van der Waals surface area contributed by atoms with Gasteiger partial charge in [0.15, 0.2) is 0 Å². The SMILES string of the molecule is CNCc1ccc(N2CCC(NC(C)=O)C2)c(Cl)c1. The second-order valence-electron chi connectivity index (χ2n) is 4.95. The van der Waals surface area contributed by atoms with E-state index >= 15 is 0 Å². The molecule has 104 valence electrons. The number of carbonyl (C=O) groups excluding carboxylic acids is 1. The summed E-state index contributed by atoms with van der Waals surface area (Å²) in [6.07, 6.45) is 0.966. The molecule has 1 fully saturated rings. The normalized spacial score (nSPS) is 18.7. The van der Waals surface area contributed by atoms with Crippen LogP contribution in [0.25, 0.3) is 0 Å². The predicted molar refractivity (Wildman–Crippen MR) is 78.7 cm³/mol. The van der Waals surface area contributed by atoms with E-state index in [1.165, 1.54) is 5.56 Å². The van der Waals surface area contributed by atoms with Gasteiger partial charge in [0, 0.05) is 32.6 Å². The predicted octanol–water partition coefficient (Wildman–Crippen LogP) is 1.77. The van der Waals surface area contributed by atoms with Gasteiger partial charge in [-0.3, -0.25) is 4.79 Å². The molecule has 0 saturated carbocycles. The van der Waals surface area contributed by atoms with Gasteiger partial charge in [0.1, 0.15) is 0 Å². The summed E-state index contributed by atoms with van der Waals surface area (Å²) in [7, 11) is 1.92. The molecule has 1 aromatic carbocycles. The molecule has 2 rings (SSSR count). The van der Waals surface area contributed by atoms with Crippen LogP contribution in [0.3, 0.4) is 0 Å². The van der Waals surface area contributed by atoms with Crippen molar-refractivity contribution >= 4 is 23.2 Å². The highest BCUT2D eigenvalue weighted by Crippen LogP contribution is 2.29. The maximum Gasteiger partial charge on any atom is 0.217 e. The maximum atomic E-state index is 11.1. The van der Waals surface area contributed by atoms with E-state index in [4.69, 9.17) is 11.6 Å². The van der Waals surface area contributed by atoms with Gasteiger partial charge in [-0.2, -0.15) is 0 Å². The molecule has 1 atom stereocenters. The lowest BCUT2D eigenvalue weighted by molar-refractivity contribution is -0.119. The molecule has 0 aliphatic carbocycles. The summed E-state index contributed by atoms with van der Waals surface area (Å²) in [6, 6.07) is 6.37. The topological polar surface area (TPSA) is 44.4 Å². The van der Waals surface area contributed by atoms with Crippen LogP contribution >= 0.6 is 11.6 Å². The molecule has 0 radical (unpaired) electrons. The summed E-state index contributed by atoms with van der Waals surface area (Å²) in [5.41, 5.74) is 2.23. The Morgan fingerprint density at radius 3 is 2.95 bits per heavy atom. The van der Waals surface area contributed by atoms with Crippen molar-refractivity contribution in [1.82, 2.24) is 10.6 Å². The molecule has 0 spiro atoms. The summed E-state index contributed by atoms with van der Waals surface area (Å²) in [5, 5.41) is 6.84. The highest BCUT2D eigenvalue weighted by atomic mass is 35.5. The van der Waals surface area contributed by atoms with Crippen molar-refractivity contribution in [2.45, 2.75) is 25.9 Å². The summed E-state index contributed by atoms with van der Waals surface area (Å²) >= 11 is 6.34. The van der Waals surface area contributed by atoms with E-state index in [1.54, 1.807) is 6.92 Å². The van der Waals surface area contributed by atoms with E-state index in [0.717, 1.165) is 36.8 Å². The summed E-state index contributed by atoms with van der Waals surface area (Å²) in [6.45, 7) is 4.12. The van der Waals surface area contributed by atoms with Crippen LogP contribution in [0.4, 0.5) is 5.69 Å². The Labute approximate surface area is 119 Å². The fourth-order valence-corrected chi connectivity index (χ4v) is 2.83. The number of anilines is 1. The molecule has 1 aliphatic heterocycles. The first-order chi connectivity index (χ1) is 9.10. The first kappa shape index (κ1) is 14.2. The van der Waals surface area contributed by atoms with Crippen molar-refractivity contribution in [1.29, 1.82) is 0 Å². The fraction of sp³-hybridized carbons (Fsp3) is 0.500. The minimum atomic E-state index is 0.0299. The average molecular weight is 282 g/mol. The van der Waals surface area contributed by atoms with Crippen LogP contribution in [-0.2, 0) is 11.3 Å². The van der Waals surface area contributed by atoms with Gasteiger partial charge in [0.2, 0.25) is 5.91 Å². The van der Waals surface area contributed by atoms with E-state index in [2.05, 4.69) is 27.7 Å². The molecule has 1 unspecified atom stereocenters. The fourth-order valence-electron chi connectivity index (χ4n) is 2.51. The Morgan fingerprint density at radius 1 is 1.53 bits per heavy atom. The number of carbonyl (C=O) groups is 1. The van der Waals surface area contributed by atoms with Gasteiger partial charge < -0.3 is 15.5 Å². The number of halogens is 1. The van der Waals surface area contributed by atoms with E-state index in [0.29, 0.717) is 0 Å². The molecular weight excluding hydrogens is 262 g/mol.